The third kappa shape index (κ3) is 4.64. The van der Waals surface area contributed by atoms with E-state index in [-0.39, 0.29) is 48.8 Å². The van der Waals surface area contributed by atoms with Gasteiger partial charge in [-0.15, -0.1) is 0 Å². The van der Waals surface area contributed by atoms with Crippen LogP contribution in [0.25, 0.3) is 11.1 Å². The largest absolute Gasteiger partial charge is 0.481 e. The Labute approximate surface area is 205 Å². The molecule has 1 unspecified atom stereocenters. The number of fused-ring (bicyclic) bond motifs is 4. The molecule has 2 amide bonds. The monoisotopic (exact) mass is 476 g/mol. The number of aliphatic carboxylic acids is 1. The molecule has 3 aliphatic rings. The van der Waals surface area contributed by atoms with Crippen molar-refractivity contribution in [2.45, 2.75) is 57.0 Å². The maximum absolute atomic E-state index is 12.6. The highest BCUT2D eigenvalue weighted by molar-refractivity contribution is 5.80. The van der Waals surface area contributed by atoms with E-state index >= 15 is 0 Å². The van der Waals surface area contributed by atoms with E-state index in [1.807, 2.05) is 31.2 Å². The van der Waals surface area contributed by atoms with E-state index in [1.54, 1.807) is 0 Å². The van der Waals surface area contributed by atoms with Gasteiger partial charge in [0.1, 0.15) is 6.61 Å². The Hall–Kier alpha value is -3.35. The summed E-state index contributed by atoms with van der Waals surface area (Å²) in [5, 5.41) is 15.2. The van der Waals surface area contributed by atoms with Crippen LogP contribution in [0.5, 0.6) is 0 Å². The first-order chi connectivity index (χ1) is 16.9. The zero-order valence-electron chi connectivity index (χ0n) is 19.9. The molecule has 0 radical (unpaired) electrons. The van der Waals surface area contributed by atoms with Gasteiger partial charge in [-0.2, -0.15) is 0 Å². The number of hydrogen-bond acceptors (Lipinski definition) is 4. The number of nitrogens with one attached hydrogen (secondary N) is 2. The predicted molar refractivity (Wildman–Crippen MR) is 131 cm³/mol. The third-order valence-electron chi connectivity index (χ3n) is 8.11. The Morgan fingerprint density at radius 3 is 2.29 bits per heavy atom. The molecule has 2 aromatic rings. The average molecular weight is 477 g/mol. The van der Waals surface area contributed by atoms with Crippen molar-refractivity contribution >= 4 is 18.0 Å². The van der Waals surface area contributed by atoms with Crippen LogP contribution in [-0.4, -0.2) is 41.8 Å². The van der Waals surface area contributed by atoms with Gasteiger partial charge in [-0.3, -0.25) is 9.59 Å². The van der Waals surface area contributed by atoms with Crippen molar-refractivity contribution in [3.8, 4) is 11.1 Å². The van der Waals surface area contributed by atoms with E-state index in [0.717, 1.165) is 17.5 Å². The summed E-state index contributed by atoms with van der Waals surface area (Å²) < 4.78 is 5.62. The first kappa shape index (κ1) is 23.4. The lowest BCUT2D eigenvalue weighted by atomic mass is 9.71. The van der Waals surface area contributed by atoms with Gasteiger partial charge >= 0.3 is 12.1 Å². The SMILES string of the molecule is CC[C@@H](CC(=O)N[C@@H]1C[C@@H]2CC(C(=O)O)C[C@@H]21)NC(=O)OCC1c2ccccc2-c2ccccc21. The fourth-order valence-electron chi connectivity index (χ4n) is 6.19. The molecule has 0 spiro atoms. The van der Waals surface area contributed by atoms with Gasteiger partial charge in [0, 0.05) is 24.4 Å². The van der Waals surface area contributed by atoms with Crippen molar-refractivity contribution in [1.82, 2.24) is 10.6 Å². The van der Waals surface area contributed by atoms with Crippen LogP contribution in [0.1, 0.15) is 56.1 Å². The van der Waals surface area contributed by atoms with Gasteiger partial charge in [0.05, 0.1) is 5.92 Å². The van der Waals surface area contributed by atoms with E-state index < -0.39 is 12.1 Å². The number of carboxylic acid groups (broad SMARTS) is 1. The van der Waals surface area contributed by atoms with Crippen LogP contribution < -0.4 is 10.6 Å². The number of hydrogen-bond donors (Lipinski definition) is 3. The fourth-order valence-corrected chi connectivity index (χ4v) is 6.19. The van der Waals surface area contributed by atoms with Crippen LogP contribution in [0.3, 0.4) is 0 Å². The molecule has 2 saturated carbocycles. The minimum absolute atomic E-state index is 0.0101. The maximum Gasteiger partial charge on any atom is 0.407 e. The zero-order chi connectivity index (χ0) is 24.5. The second kappa shape index (κ2) is 9.72. The molecular formula is C28H32N2O5. The van der Waals surface area contributed by atoms with Crippen molar-refractivity contribution in [2.75, 3.05) is 6.61 Å². The number of ether oxygens (including phenoxy) is 1. The Kier molecular flexibility index (Phi) is 6.50. The highest BCUT2D eigenvalue weighted by atomic mass is 16.5. The maximum atomic E-state index is 12.6. The minimum atomic E-state index is -0.734. The van der Waals surface area contributed by atoms with Gasteiger partial charge in [0.2, 0.25) is 5.91 Å². The van der Waals surface area contributed by atoms with Crippen LogP contribution in [0.4, 0.5) is 4.79 Å². The molecule has 0 saturated heterocycles. The van der Waals surface area contributed by atoms with Crippen LogP contribution >= 0.6 is 0 Å². The number of alkyl carbamates (subject to hydrolysis) is 1. The number of carbonyl (C=O) groups excluding carboxylic acids is 2. The fraction of sp³-hybridized carbons (Fsp3) is 0.464. The summed E-state index contributed by atoms with van der Waals surface area (Å²) in [4.78, 5) is 36.5. The molecule has 2 aromatic carbocycles. The summed E-state index contributed by atoms with van der Waals surface area (Å²) in [5.41, 5.74) is 4.67. The van der Waals surface area contributed by atoms with E-state index in [4.69, 9.17) is 4.74 Å². The molecule has 3 aliphatic carbocycles. The lowest BCUT2D eigenvalue weighted by molar-refractivity contribution is -0.141. The summed E-state index contributed by atoms with van der Waals surface area (Å²) in [7, 11) is 0. The van der Waals surface area contributed by atoms with Gasteiger partial charge in [0.25, 0.3) is 0 Å². The number of benzene rings is 2. The molecule has 7 nitrogen and oxygen atoms in total. The second-order valence-electron chi connectivity index (χ2n) is 10.1. The summed E-state index contributed by atoms with van der Waals surface area (Å²) in [6, 6.07) is 16.1. The van der Waals surface area contributed by atoms with E-state index in [1.165, 1.54) is 11.1 Å². The lowest BCUT2D eigenvalue weighted by Gasteiger charge is -2.41. The van der Waals surface area contributed by atoms with Crippen molar-refractivity contribution in [3.63, 3.8) is 0 Å². The normalized spacial score (nSPS) is 24.9. The summed E-state index contributed by atoms with van der Waals surface area (Å²) in [6.45, 7) is 2.16. The summed E-state index contributed by atoms with van der Waals surface area (Å²) in [5.74, 6) is -0.479. The van der Waals surface area contributed by atoms with E-state index in [0.29, 0.717) is 25.2 Å². The predicted octanol–water partition coefficient (Wildman–Crippen LogP) is 4.31. The Bertz CT molecular complexity index is 1090. The standard InChI is InChI=1S/C28H32N2O5/c1-2-18(14-26(31)30-25-13-16-11-17(27(32)33)12-23(16)25)29-28(34)35-15-24-21-9-5-3-7-19(21)20-8-4-6-10-22(20)24/h3-10,16-18,23-25H,2,11-15H2,1H3,(H,29,34)(H,30,31)(H,32,33)/t16-,17?,18-,23-,25+/m0/s1. The number of rotatable bonds is 8. The molecule has 0 bridgehead atoms. The first-order valence-electron chi connectivity index (χ1n) is 12.6. The Balaban J connectivity index is 1.11. The average Bonchev–Trinajstić information content (AvgIpc) is 3.36. The first-order valence-corrected chi connectivity index (χ1v) is 12.6. The Morgan fingerprint density at radius 1 is 1.00 bits per heavy atom. The molecule has 5 rings (SSSR count). The highest BCUT2D eigenvalue weighted by Gasteiger charge is 2.49. The molecule has 5 atom stereocenters. The molecule has 0 aliphatic heterocycles. The highest BCUT2D eigenvalue weighted by Crippen LogP contribution is 2.49. The molecule has 7 heteroatoms. The van der Waals surface area contributed by atoms with Gasteiger partial charge in [-0.05, 0) is 59.8 Å². The molecule has 0 heterocycles. The van der Waals surface area contributed by atoms with Crippen LogP contribution in [0.2, 0.25) is 0 Å². The van der Waals surface area contributed by atoms with Crippen molar-refractivity contribution < 1.29 is 24.2 Å². The van der Waals surface area contributed by atoms with Crippen LogP contribution in [-0.2, 0) is 14.3 Å². The smallest absolute Gasteiger partial charge is 0.407 e. The van der Waals surface area contributed by atoms with Gasteiger partial charge in [-0.1, -0.05) is 55.5 Å². The lowest BCUT2D eigenvalue weighted by Crippen LogP contribution is -2.51. The second-order valence-corrected chi connectivity index (χ2v) is 10.1. The van der Waals surface area contributed by atoms with Crippen LogP contribution in [0, 0.1) is 17.8 Å². The quantitative estimate of drug-likeness (QED) is 0.527. The number of amides is 2. The summed E-state index contributed by atoms with van der Waals surface area (Å²) >= 11 is 0. The van der Waals surface area contributed by atoms with Crippen molar-refractivity contribution in [1.29, 1.82) is 0 Å². The molecule has 35 heavy (non-hydrogen) atoms. The van der Waals surface area contributed by atoms with E-state index in [9.17, 15) is 19.5 Å². The molecule has 184 valence electrons. The number of carboxylic acids is 1. The van der Waals surface area contributed by atoms with E-state index in [2.05, 4.69) is 34.9 Å². The van der Waals surface area contributed by atoms with Crippen LogP contribution in [0.15, 0.2) is 48.5 Å². The van der Waals surface area contributed by atoms with Crippen molar-refractivity contribution in [2.24, 2.45) is 17.8 Å². The minimum Gasteiger partial charge on any atom is -0.481 e. The molecule has 3 N–H and O–H groups in total. The summed E-state index contributed by atoms with van der Waals surface area (Å²) in [6.07, 6.45) is 2.46. The third-order valence-corrected chi connectivity index (χ3v) is 8.11. The molecule has 0 aromatic heterocycles. The molecule has 2 fully saturated rings. The van der Waals surface area contributed by atoms with Gasteiger partial charge < -0.3 is 20.5 Å². The van der Waals surface area contributed by atoms with Gasteiger partial charge in [-0.25, -0.2) is 4.79 Å². The topological polar surface area (TPSA) is 105 Å². The zero-order valence-corrected chi connectivity index (χ0v) is 19.9. The number of carbonyl (C=O) groups is 3. The molecular weight excluding hydrogens is 444 g/mol. The van der Waals surface area contributed by atoms with Gasteiger partial charge in [0.15, 0.2) is 0 Å². The van der Waals surface area contributed by atoms with Crippen molar-refractivity contribution in [3.05, 3.63) is 59.7 Å². The Morgan fingerprint density at radius 2 is 1.66 bits per heavy atom.